The highest BCUT2D eigenvalue weighted by atomic mass is 16.3. The molecule has 2 rings (SSSR count). The van der Waals surface area contributed by atoms with Crippen LogP contribution in [0, 0.1) is 0 Å². The number of nitrogens with zero attached hydrogens (tertiary/aromatic N) is 1. The summed E-state index contributed by atoms with van der Waals surface area (Å²) in [7, 11) is 0. The van der Waals surface area contributed by atoms with E-state index in [-0.39, 0.29) is 5.54 Å². The van der Waals surface area contributed by atoms with E-state index in [9.17, 15) is 5.11 Å². The Kier molecular flexibility index (Phi) is 3.10. The number of fused-ring (bicyclic) bond motifs is 1. The van der Waals surface area contributed by atoms with Crippen molar-refractivity contribution in [1.82, 2.24) is 10.2 Å². The molecule has 0 radical (unpaired) electrons. The summed E-state index contributed by atoms with van der Waals surface area (Å²) < 4.78 is 0. The Hall–Kier alpha value is -0.120. The second-order valence-corrected chi connectivity index (χ2v) is 4.64. The molecule has 0 bridgehead atoms. The van der Waals surface area contributed by atoms with Crippen molar-refractivity contribution in [2.24, 2.45) is 0 Å². The molecule has 2 aliphatic rings. The number of hydrogen-bond donors (Lipinski definition) is 2. The molecule has 0 aromatic carbocycles. The lowest BCUT2D eigenvalue weighted by Crippen LogP contribution is -2.58. The number of rotatable bonds is 3. The molecule has 3 nitrogen and oxygen atoms in total. The first-order valence-electron chi connectivity index (χ1n) is 5.92. The average molecular weight is 198 g/mol. The smallest absolute Gasteiger partial charge is 0.0629 e. The summed E-state index contributed by atoms with van der Waals surface area (Å²) in [6.07, 6.45) is 5.04. The van der Waals surface area contributed by atoms with Crippen LogP contribution in [0.2, 0.25) is 0 Å². The Labute approximate surface area is 86.5 Å². The number of aliphatic hydroxyl groups is 1. The summed E-state index contributed by atoms with van der Waals surface area (Å²) in [5.41, 5.74) is 0.00910. The van der Waals surface area contributed by atoms with Crippen LogP contribution in [0.1, 0.15) is 32.6 Å². The van der Waals surface area contributed by atoms with Gasteiger partial charge < -0.3 is 10.4 Å². The Bertz CT molecular complexity index is 198. The first-order chi connectivity index (χ1) is 6.82. The average Bonchev–Trinajstić information content (AvgIpc) is 2.59. The third kappa shape index (κ3) is 1.58. The molecule has 14 heavy (non-hydrogen) atoms. The van der Waals surface area contributed by atoms with Crippen molar-refractivity contribution >= 4 is 0 Å². The second kappa shape index (κ2) is 4.17. The highest BCUT2D eigenvalue weighted by Gasteiger charge is 2.46. The van der Waals surface area contributed by atoms with Crippen molar-refractivity contribution in [3.8, 4) is 0 Å². The number of nitrogens with one attached hydrogen (secondary N) is 1. The third-order valence-electron chi connectivity index (χ3n) is 3.91. The van der Waals surface area contributed by atoms with Crippen molar-refractivity contribution < 1.29 is 5.11 Å². The molecular formula is C11H22N2O. The number of likely N-dealkylation sites (N-methyl/N-ethyl adjacent to an activating group) is 1. The molecule has 2 aliphatic heterocycles. The van der Waals surface area contributed by atoms with E-state index in [0.717, 1.165) is 19.5 Å². The van der Waals surface area contributed by atoms with E-state index in [1.54, 1.807) is 0 Å². The number of hydrogen-bond acceptors (Lipinski definition) is 3. The molecule has 2 fully saturated rings. The van der Waals surface area contributed by atoms with Crippen LogP contribution in [0.5, 0.6) is 0 Å². The van der Waals surface area contributed by atoms with Gasteiger partial charge in [0.1, 0.15) is 0 Å². The fourth-order valence-corrected chi connectivity index (χ4v) is 3.19. The predicted octanol–water partition coefficient (Wildman–Crippen LogP) is 0.585. The Morgan fingerprint density at radius 2 is 2.29 bits per heavy atom. The lowest BCUT2D eigenvalue weighted by Gasteiger charge is -2.40. The minimum absolute atomic E-state index is 0.00910. The van der Waals surface area contributed by atoms with Crippen LogP contribution < -0.4 is 5.32 Å². The molecule has 0 aromatic rings. The minimum atomic E-state index is 0.00910. The van der Waals surface area contributed by atoms with E-state index in [0.29, 0.717) is 12.6 Å². The maximum absolute atomic E-state index is 9.60. The van der Waals surface area contributed by atoms with E-state index < -0.39 is 0 Å². The fraction of sp³-hybridized carbons (Fsp3) is 1.00. The van der Waals surface area contributed by atoms with Crippen LogP contribution in [0.25, 0.3) is 0 Å². The van der Waals surface area contributed by atoms with Gasteiger partial charge in [0, 0.05) is 12.6 Å². The van der Waals surface area contributed by atoms with Crippen molar-refractivity contribution in [1.29, 1.82) is 0 Å². The highest BCUT2D eigenvalue weighted by Crippen LogP contribution is 2.34. The standard InChI is InChI=1S/C11H22N2O/c1-2-12-11(9-14)6-8-13-7-4-3-5-10(11)13/h10,12,14H,2-9H2,1H3. The molecule has 82 valence electrons. The van der Waals surface area contributed by atoms with Gasteiger partial charge in [-0.15, -0.1) is 0 Å². The largest absolute Gasteiger partial charge is 0.394 e. The van der Waals surface area contributed by atoms with Gasteiger partial charge in [-0.3, -0.25) is 4.90 Å². The molecule has 0 aromatic heterocycles. The van der Waals surface area contributed by atoms with Gasteiger partial charge in [0.05, 0.1) is 12.1 Å². The molecule has 2 N–H and O–H groups in total. The monoisotopic (exact) mass is 198 g/mol. The van der Waals surface area contributed by atoms with Crippen molar-refractivity contribution in [2.45, 2.75) is 44.2 Å². The third-order valence-corrected chi connectivity index (χ3v) is 3.91. The van der Waals surface area contributed by atoms with Crippen LogP contribution in [0.3, 0.4) is 0 Å². The molecule has 0 amide bonds. The highest BCUT2D eigenvalue weighted by molar-refractivity contribution is 5.06. The van der Waals surface area contributed by atoms with Crippen molar-refractivity contribution in [3.63, 3.8) is 0 Å². The maximum Gasteiger partial charge on any atom is 0.0629 e. The lowest BCUT2D eigenvalue weighted by molar-refractivity contribution is 0.0888. The van der Waals surface area contributed by atoms with Gasteiger partial charge in [0.2, 0.25) is 0 Å². The lowest BCUT2D eigenvalue weighted by atomic mass is 9.86. The van der Waals surface area contributed by atoms with E-state index in [2.05, 4.69) is 17.1 Å². The van der Waals surface area contributed by atoms with E-state index in [4.69, 9.17) is 0 Å². The first-order valence-corrected chi connectivity index (χ1v) is 5.92. The Balaban J connectivity index is 2.10. The van der Waals surface area contributed by atoms with Gasteiger partial charge >= 0.3 is 0 Å². The van der Waals surface area contributed by atoms with Gasteiger partial charge in [-0.2, -0.15) is 0 Å². The molecule has 0 spiro atoms. The van der Waals surface area contributed by atoms with Crippen LogP contribution in [0.4, 0.5) is 0 Å². The van der Waals surface area contributed by atoms with Crippen LogP contribution in [-0.2, 0) is 0 Å². The molecule has 2 heterocycles. The summed E-state index contributed by atoms with van der Waals surface area (Å²) in [5.74, 6) is 0. The van der Waals surface area contributed by atoms with E-state index in [1.807, 2.05) is 0 Å². The molecule has 2 unspecified atom stereocenters. The van der Waals surface area contributed by atoms with Crippen molar-refractivity contribution in [2.75, 3.05) is 26.2 Å². The number of piperidine rings is 1. The molecule has 2 saturated heterocycles. The van der Waals surface area contributed by atoms with Crippen LogP contribution in [-0.4, -0.2) is 47.8 Å². The molecule has 2 atom stereocenters. The molecule has 0 saturated carbocycles. The first kappa shape index (κ1) is 10.4. The summed E-state index contributed by atoms with van der Waals surface area (Å²) in [6, 6.07) is 0.584. The zero-order valence-corrected chi connectivity index (χ0v) is 9.13. The minimum Gasteiger partial charge on any atom is -0.394 e. The number of aliphatic hydroxyl groups excluding tert-OH is 1. The van der Waals surface area contributed by atoms with Crippen LogP contribution >= 0.6 is 0 Å². The van der Waals surface area contributed by atoms with E-state index >= 15 is 0 Å². The summed E-state index contributed by atoms with van der Waals surface area (Å²) in [4.78, 5) is 2.56. The maximum atomic E-state index is 9.60. The fourth-order valence-electron chi connectivity index (χ4n) is 3.19. The Morgan fingerprint density at radius 3 is 3.00 bits per heavy atom. The summed E-state index contributed by atoms with van der Waals surface area (Å²) >= 11 is 0. The molecular weight excluding hydrogens is 176 g/mol. The van der Waals surface area contributed by atoms with E-state index in [1.165, 1.54) is 25.8 Å². The zero-order chi connectivity index (χ0) is 10.0. The van der Waals surface area contributed by atoms with Gasteiger partial charge in [-0.1, -0.05) is 13.3 Å². The van der Waals surface area contributed by atoms with Gasteiger partial charge in [-0.05, 0) is 32.4 Å². The summed E-state index contributed by atoms with van der Waals surface area (Å²) in [5, 5.41) is 13.1. The normalized spacial score (nSPS) is 38.6. The van der Waals surface area contributed by atoms with Crippen molar-refractivity contribution in [3.05, 3.63) is 0 Å². The predicted molar refractivity (Wildman–Crippen MR) is 57.3 cm³/mol. The second-order valence-electron chi connectivity index (χ2n) is 4.64. The van der Waals surface area contributed by atoms with Gasteiger partial charge in [0.15, 0.2) is 0 Å². The van der Waals surface area contributed by atoms with Gasteiger partial charge in [0.25, 0.3) is 0 Å². The van der Waals surface area contributed by atoms with Gasteiger partial charge in [-0.25, -0.2) is 0 Å². The zero-order valence-electron chi connectivity index (χ0n) is 9.13. The summed E-state index contributed by atoms with van der Waals surface area (Å²) in [6.45, 7) is 5.78. The molecule has 0 aliphatic carbocycles. The molecule has 3 heteroatoms. The Morgan fingerprint density at radius 1 is 1.43 bits per heavy atom. The topological polar surface area (TPSA) is 35.5 Å². The van der Waals surface area contributed by atoms with Crippen LogP contribution in [0.15, 0.2) is 0 Å². The quantitative estimate of drug-likeness (QED) is 0.696. The SMILES string of the molecule is CCNC1(CO)CCN2CCCCC21.